The van der Waals surface area contributed by atoms with Crippen LogP contribution in [0.2, 0.25) is 0 Å². The minimum atomic E-state index is -0.533. The molecule has 0 atom stereocenters. The second-order valence-corrected chi connectivity index (χ2v) is 5.56. The smallest absolute Gasteiger partial charge is 0.270 e. The number of non-ortho nitro benzene ring substituents is 1. The van der Waals surface area contributed by atoms with Crippen LogP contribution in [0.1, 0.15) is 15.9 Å². The second-order valence-electron chi connectivity index (χ2n) is 5.56. The molecule has 0 fully saturated rings. The summed E-state index contributed by atoms with van der Waals surface area (Å²) in [5.41, 5.74) is 1.68. The Hall–Kier alpha value is -3.67. The second kappa shape index (κ2) is 7.94. The Kier molecular flexibility index (Phi) is 5.24. The minimum absolute atomic E-state index is 0.127. The number of nitro groups is 1. The van der Waals surface area contributed by atoms with Gasteiger partial charge in [-0.15, -0.1) is 0 Å². The molecule has 0 aliphatic carbocycles. The Bertz CT molecular complexity index is 926. The van der Waals surface area contributed by atoms with Crippen molar-refractivity contribution < 1.29 is 14.5 Å². The van der Waals surface area contributed by atoms with Gasteiger partial charge in [-0.25, -0.2) is 0 Å². The molecule has 1 N–H and O–H groups in total. The number of benzene rings is 3. The predicted molar refractivity (Wildman–Crippen MR) is 98.3 cm³/mol. The molecule has 0 spiro atoms. The molecule has 0 saturated carbocycles. The third kappa shape index (κ3) is 4.45. The normalized spacial score (nSPS) is 10.2. The van der Waals surface area contributed by atoms with E-state index >= 15 is 0 Å². The average Bonchev–Trinajstić information content (AvgIpc) is 2.67. The molecule has 0 heterocycles. The van der Waals surface area contributed by atoms with Crippen LogP contribution in [0.5, 0.6) is 5.75 Å². The maximum Gasteiger partial charge on any atom is 0.270 e. The average molecular weight is 348 g/mol. The summed E-state index contributed by atoms with van der Waals surface area (Å²) in [5.74, 6) is 0.194. The number of amides is 1. The Morgan fingerprint density at radius 3 is 2.50 bits per heavy atom. The highest BCUT2D eigenvalue weighted by Crippen LogP contribution is 2.20. The van der Waals surface area contributed by atoms with Gasteiger partial charge in [-0.2, -0.15) is 0 Å². The van der Waals surface area contributed by atoms with Crippen LogP contribution in [-0.4, -0.2) is 10.8 Å². The van der Waals surface area contributed by atoms with Crippen LogP contribution in [0.25, 0.3) is 0 Å². The van der Waals surface area contributed by atoms with Crippen molar-refractivity contribution in [3.8, 4) is 5.75 Å². The first-order valence-electron chi connectivity index (χ1n) is 7.94. The molecular formula is C20H16N2O4. The van der Waals surface area contributed by atoms with Crippen LogP contribution < -0.4 is 10.1 Å². The van der Waals surface area contributed by atoms with Crippen LogP contribution >= 0.6 is 0 Å². The van der Waals surface area contributed by atoms with Gasteiger partial charge in [-0.3, -0.25) is 14.9 Å². The molecule has 0 saturated heterocycles. The van der Waals surface area contributed by atoms with E-state index < -0.39 is 10.8 Å². The number of nitrogens with one attached hydrogen (secondary N) is 1. The zero-order valence-electron chi connectivity index (χ0n) is 13.8. The summed E-state index contributed by atoms with van der Waals surface area (Å²) in [7, 11) is 0. The summed E-state index contributed by atoms with van der Waals surface area (Å²) in [6, 6.07) is 22.3. The van der Waals surface area contributed by atoms with Crippen LogP contribution in [-0.2, 0) is 6.61 Å². The summed E-state index contributed by atoms with van der Waals surface area (Å²) in [4.78, 5) is 22.6. The standard InChI is InChI=1S/C20H16N2O4/c23-20(16-8-4-10-18(12-16)22(24)25)21-17-9-5-11-19(13-17)26-14-15-6-2-1-3-7-15/h1-13H,14H2,(H,21,23). The summed E-state index contributed by atoms with van der Waals surface area (Å²) in [6.45, 7) is 0.420. The van der Waals surface area contributed by atoms with Gasteiger partial charge in [0.05, 0.1) is 4.92 Å². The van der Waals surface area contributed by atoms with Gasteiger partial charge in [-0.05, 0) is 23.8 Å². The van der Waals surface area contributed by atoms with E-state index in [-0.39, 0.29) is 11.3 Å². The topological polar surface area (TPSA) is 81.5 Å². The van der Waals surface area contributed by atoms with Crippen LogP contribution in [0.15, 0.2) is 78.9 Å². The lowest BCUT2D eigenvalue weighted by molar-refractivity contribution is -0.384. The highest BCUT2D eigenvalue weighted by Gasteiger charge is 2.12. The van der Waals surface area contributed by atoms with E-state index in [0.717, 1.165) is 5.56 Å². The molecule has 6 nitrogen and oxygen atoms in total. The highest BCUT2D eigenvalue weighted by molar-refractivity contribution is 6.04. The molecule has 0 radical (unpaired) electrons. The number of carbonyl (C=O) groups excluding carboxylic acids is 1. The van der Waals surface area contributed by atoms with Gasteiger partial charge < -0.3 is 10.1 Å². The molecule has 6 heteroatoms. The third-order valence-corrected chi connectivity index (χ3v) is 3.66. The van der Waals surface area contributed by atoms with Gasteiger partial charge in [0, 0.05) is 29.4 Å². The summed E-state index contributed by atoms with van der Waals surface area (Å²) in [5, 5.41) is 13.5. The number of nitrogens with zero attached hydrogens (tertiary/aromatic N) is 1. The first-order valence-corrected chi connectivity index (χ1v) is 7.94. The zero-order chi connectivity index (χ0) is 18.4. The van der Waals surface area contributed by atoms with Crippen LogP contribution in [0, 0.1) is 10.1 Å². The van der Waals surface area contributed by atoms with Gasteiger partial charge in [0.25, 0.3) is 11.6 Å². The molecule has 0 aliphatic heterocycles. The number of carbonyl (C=O) groups is 1. The highest BCUT2D eigenvalue weighted by atomic mass is 16.6. The molecule has 3 aromatic carbocycles. The molecular weight excluding hydrogens is 332 g/mol. The van der Waals surface area contributed by atoms with Crippen molar-refractivity contribution in [1.29, 1.82) is 0 Å². The lowest BCUT2D eigenvalue weighted by atomic mass is 10.2. The van der Waals surface area contributed by atoms with Gasteiger partial charge >= 0.3 is 0 Å². The molecule has 0 bridgehead atoms. The lowest BCUT2D eigenvalue weighted by Gasteiger charge is -2.09. The van der Waals surface area contributed by atoms with Gasteiger partial charge in [0.15, 0.2) is 0 Å². The molecule has 0 aliphatic rings. The van der Waals surface area contributed by atoms with Crippen LogP contribution in [0.4, 0.5) is 11.4 Å². The van der Waals surface area contributed by atoms with Gasteiger partial charge in [0.1, 0.15) is 12.4 Å². The molecule has 26 heavy (non-hydrogen) atoms. The molecule has 130 valence electrons. The summed E-state index contributed by atoms with van der Waals surface area (Å²) >= 11 is 0. The SMILES string of the molecule is O=C(Nc1cccc(OCc2ccccc2)c1)c1cccc([N+](=O)[O-])c1. The van der Waals surface area contributed by atoms with E-state index in [0.29, 0.717) is 18.0 Å². The van der Waals surface area contributed by atoms with Crippen molar-refractivity contribution in [2.75, 3.05) is 5.32 Å². The number of hydrogen-bond donors (Lipinski definition) is 1. The fourth-order valence-corrected chi connectivity index (χ4v) is 2.37. The van der Waals surface area contributed by atoms with E-state index in [4.69, 9.17) is 4.74 Å². The maximum absolute atomic E-state index is 12.3. The fraction of sp³-hybridized carbons (Fsp3) is 0.0500. The molecule has 3 aromatic rings. The van der Waals surface area contributed by atoms with Crippen molar-refractivity contribution >= 4 is 17.3 Å². The Morgan fingerprint density at radius 2 is 1.73 bits per heavy atom. The molecule has 0 unspecified atom stereocenters. The summed E-state index contributed by atoms with van der Waals surface area (Å²) < 4.78 is 5.73. The van der Waals surface area contributed by atoms with Crippen molar-refractivity contribution in [3.05, 3.63) is 100 Å². The quantitative estimate of drug-likeness (QED) is 0.528. The lowest BCUT2D eigenvalue weighted by Crippen LogP contribution is -2.12. The predicted octanol–water partition coefficient (Wildman–Crippen LogP) is 4.43. The minimum Gasteiger partial charge on any atom is -0.489 e. The maximum atomic E-state index is 12.3. The first-order chi connectivity index (χ1) is 12.6. The van der Waals surface area contributed by atoms with E-state index in [1.54, 1.807) is 24.3 Å². The van der Waals surface area contributed by atoms with E-state index in [1.807, 2.05) is 30.3 Å². The van der Waals surface area contributed by atoms with Crippen molar-refractivity contribution in [3.63, 3.8) is 0 Å². The van der Waals surface area contributed by atoms with E-state index in [1.165, 1.54) is 24.3 Å². The number of ether oxygens (including phenoxy) is 1. The number of anilines is 1. The Morgan fingerprint density at radius 1 is 0.962 bits per heavy atom. The van der Waals surface area contributed by atoms with E-state index in [2.05, 4.69) is 5.32 Å². The van der Waals surface area contributed by atoms with Gasteiger partial charge in [-0.1, -0.05) is 42.5 Å². The van der Waals surface area contributed by atoms with E-state index in [9.17, 15) is 14.9 Å². The number of nitro benzene ring substituents is 1. The van der Waals surface area contributed by atoms with Crippen molar-refractivity contribution in [2.24, 2.45) is 0 Å². The fourth-order valence-electron chi connectivity index (χ4n) is 2.37. The zero-order valence-corrected chi connectivity index (χ0v) is 13.8. The number of hydrogen-bond acceptors (Lipinski definition) is 4. The van der Waals surface area contributed by atoms with Crippen molar-refractivity contribution in [1.82, 2.24) is 0 Å². The Balaban J connectivity index is 1.67. The monoisotopic (exact) mass is 348 g/mol. The van der Waals surface area contributed by atoms with Crippen LogP contribution in [0.3, 0.4) is 0 Å². The molecule has 1 amide bonds. The van der Waals surface area contributed by atoms with Gasteiger partial charge in [0.2, 0.25) is 0 Å². The third-order valence-electron chi connectivity index (χ3n) is 3.66. The largest absolute Gasteiger partial charge is 0.489 e. The number of rotatable bonds is 6. The summed E-state index contributed by atoms with van der Waals surface area (Å²) in [6.07, 6.45) is 0. The first kappa shape index (κ1) is 17.2. The Labute approximate surface area is 150 Å². The molecule has 0 aromatic heterocycles. The molecule has 3 rings (SSSR count). The van der Waals surface area contributed by atoms with Crippen molar-refractivity contribution in [2.45, 2.75) is 6.61 Å².